The van der Waals surface area contributed by atoms with Gasteiger partial charge in [0.1, 0.15) is 11.5 Å². The predicted octanol–water partition coefficient (Wildman–Crippen LogP) is 2.94. The molecule has 0 aromatic heterocycles. The van der Waals surface area contributed by atoms with Gasteiger partial charge >= 0.3 is 0 Å². The minimum absolute atomic E-state index is 0.0563. The van der Waals surface area contributed by atoms with E-state index in [1.807, 2.05) is 0 Å². The van der Waals surface area contributed by atoms with E-state index in [1.165, 1.54) is 38.1 Å². The Kier molecular flexibility index (Phi) is 5.28. The molecule has 0 spiro atoms. The number of amides is 1. The molecule has 2 N–H and O–H groups in total. The number of rotatable bonds is 5. The number of ether oxygens (including phenoxy) is 2. The molecule has 7 nitrogen and oxygen atoms in total. The summed E-state index contributed by atoms with van der Waals surface area (Å²) in [6.45, 7) is 0. The Hall–Kier alpha value is -2.39. The first kappa shape index (κ1) is 18.4. The number of hydrogen-bond donors (Lipinski definition) is 2. The van der Waals surface area contributed by atoms with Crippen LogP contribution in [-0.4, -0.2) is 34.3 Å². The van der Waals surface area contributed by atoms with E-state index in [9.17, 15) is 13.2 Å². The second-order valence-corrected chi connectivity index (χ2v) is 8.33. The molecule has 2 aromatic rings. The number of methoxy groups -OCH3 is 2. The van der Waals surface area contributed by atoms with Gasteiger partial charge in [0, 0.05) is 35.3 Å². The van der Waals surface area contributed by atoms with Crippen molar-refractivity contribution >= 4 is 39.1 Å². The minimum Gasteiger partial charge on any atom is -0.497 e. The van der Waals surface area contributed by atoms with Crippen LogP contribution in [0.1, 0.15) is 6.42 Å². The van der Waals surface area contributed by atoms with Crippen LogP contribution < -0.4 is 19.5 Å². The first-order valence-corrected chi connectivity index (χ1v) is 10.2. The van der Waals surface area contributed by atoms with Gasteiger partial charge in [-0.1, -0.05) is 0 Å². The van der Waals surface area contributed by atoms with Crippen molar-refractivity contribution in [2.24, 2.45) is 0 Å². The highest BCUT2D eigenvalue weighted by Gasteiger charge is 2.20. The Bertz CT molecular complexity index is 922. The first-order chi connectivity index (χ1) is 12.4. The summed E-state index contributed by atoms with van der Waals surface area (Å²) in [7, 11) is -0.876. The molecule has 3 rings (SSSR count). The number of thioether (sulfide) groups is 1. The highest BCUT2D eigenvalue weighted by atomic mass is 32.2. The van der Waals surface area contributed by atoms with Crippen molar-refractivity contribution in [1.82, 2.24) is 0 Å². The van der Waals surface area contributed by atoms with Crippen molar-refractivity contribution < 1.29 is 22.7 Å². The van der Waals surface area contributed by atoms with E-state index < -0.39 is 10.0 Å². The molecule has 1 aliphatic heterocycles. The van der Waals surface area contributed by atoms with Crippen molar-refractivity contribution in [3.05, 3.63) is 36.4 Å². The number of carbonyl (C=O) groups excluding carboxylic acids is 1. The number of benzene rings is 2. The summed E-state index contributed by atoms with van der Waals surface area (Å²) in [4.78, 5) is 12.6. The fraction of sp³-hybridized carbons (Fsp3) is 0.235. The SMILES string of the molecule is COc1cc(NS(=O)(=O)c2ccc3c(c2)NC(=O)CCS3)cc(OC)c1. The standard InChI is InChI=1S/C17H18N2O5S2/c1-23-12-7-11(8-13(9-12)24-2)19-26(21,22)14-3-4-16-15(10-14)18-17(20)5-6-25-16/h3-4,7-10,19H,5-6H2,1-2H3,(H,18,20). The van der Waals surface area contributed by atoms with E-state index in [-0.39, 0.29) is 10.8 Å². The largest absolute Gasteiger partial charge is 0.497 e. The van der Waals surface area contributed by atoms with Crippen molar-refractivity contribution in [1.29, 1.82) is 0 Å². The summed E-state index contributed by atoms with van der Waals surface area (Å²) < 4.78 is 38.3. The molecule has 1 heterocycles. The Morgan fingerprint density at radius 1 is 1.08 bits per heavy atom. The van der Waals surface area contributed by atoms with E-state index in [1.54, 1.807) is 24.3 Å². The van der Waals surface area contributed by atoms with Crippen molar-refractivity contribution in [3.8, 4) is 11.5 Å². The fourth-order valence-electron chi connectivity index (χ4n) is 2.45. The van der Waals surface area contributed by atoms with Gasteiger partial charge in [-0.2, -0.15) is 0 Å². The van der Waals surface area contributed by atoms with E-state index in [0.29, 0.717) is 35.0 Å². The molecule has 138 valence electrons. The molecule has 0 saturated heterocycles. The van der Waals surface area contributed by atoms with Gasteiger partial charge in [0.2, 0.25) is 5.91 Å². The third-order valence-electron chi connectivity index (χ3n) is 3.73. The van der Waals surface area contributed by atoms with E-state index in [4.69, 9.17) is 9.47 Å². The van der Waals surface area contributed by atoms with Crippen LogP contribution in [-0.2, 0) is 14.8 Å². The Labute approximate surface area is 156 Å². The highest BCUT2D eigenvalue weighted by Crippen LogP contribution is 2.33. The number of fused-ring (bicyclic) bond motifs is 1. The van der Waals surface area contributed by atoms with Gasteiger partial charge in [-0.05, 0) is 18.2 Å². The molecule has 26 heavy (non-hydrogen) atoms. The molecule has 0 atom stereocenters. The first-order valence-electron chi connectivity index (χ1n) is 7.74. The van der Waals surface area contributed by atoms with E-state index in [0.717, 1.165) is 4.90 Å². The van der Waals surface area contributed by atoms with Gasteiger partial charge in [-0.25, -0.2) is 8.42 Å². The average Bonchev–Trinajstić information content (AvgIpc) is 2.80. The minimum atomic E-state index is -3.85. The normalized spacial score (nSPS) is 14.0. The lowest BCUT2D eigenvalue weighted by atomic mass is 10.3. The Balaban J connectivity index is 1.93. The van der Waals surface area contributed by atoms with E-state index in [2.05, 4.69) is 10.0 Å². The van der Waals surface area contributed by atoms with Gasteiger partial charge in [0.15, 0.2) is 0 Å². The van der Waals surface area contributed by atoms with Crippen LogP contribution in [0.4, 0.5) is 11.4 Å². The number of carbonyl (C=O) groups is 1. The summed E-state index contributed by atoms with van der Waals surface area (Å²) in [5.41, 5.74) is 0.818. The number of sulfonamides is 1. The second kappa shape index (κ2) is 7.46. The summed E-state index contributed by atoms with van der Waals surface area (Å²) in [6.07, 6.45) is 0.392. The van der Waals surface area contributed by atoms with Gasteiger partial charge in [-0.15, -0.1) is 11.8 Å². The zero-order valence-electron chi connectivity index (χ0n) is 14.2. The fourth-order valence-corrected chi connectivity index (χ4v) is 4.45. The van der Waals surface area contributed by atoms with Gasteiger partial charge in [0.25, 0.3) is 10.0 Å². The molecule has 0 aliphatic carbocycles. The monoisotopic (exact) mass is 394 g/mol. The lowest BCUT2D eigenvalue weighted by Gasteiger charge is -2.13. The summed E-state index contributed by atoms with van der Waals surface area (Å²) in [5, 5.41) is 2.74. The third-order valence-corrected chi connectivity index (χ3v) is 6.18. The number of anilines is 2. The average molecular weight is 394 g/mol. The number of nitrogens with one attached hydrogen (secondary N) is 2. The van der Waals surface area contributed by atoms with Gasteiger partial charge in [-0.3, -0.25) is 9.52 Å². The van der Waals surface area contributed by atoms with Crippen molar-refractivity contribution in [2.75, 3.05) is 30.0 Å². The lowest BCUT2D eigenvalue weighted by molar-refractivity contribution is -0.115. The van der Waals surface area contributed by atoms with Crippen LogP contribution in [0.3, 0.4) is 0 Å². The molecular formula is C17H18N2O5S2. The molecule has 1 aliphatic rings. The zero-order valence-corrected chi connectivity index (χ0v) is 15.9. The molecule has 2 aromatic carbocycles. The maximum Gasteiger partial charge on any atom is 0.261 e. The van der Waals surface area contributed by atoms with Crippen LogP contribution in [0, 0.1) is 0 Å². The van der Waals surface area contributed by atoms with Crippen LogP contribution >= 0.6 is 11.8 Å². The highest BCUT2D eigenvalue weighted by molar-refractivity contribution is 7.99. The summed E-state index contributed by atoms with van der Waals surface area (Å²) in [5.74, 6) is 1.46. The topological polar surface area (TPSA) is 93.7 Å². The zero-order chi connectivity index (χ0) is 18.7. The van der Waals surface area contributed by atoms with Crippen LogP contribution in [0.15, 0.2) is 46.2 Å². The van der Waals surface area contributed by atoms with Gasteiger partial charge < -0.3 is 14.8 Å². The molecule has 0 fully saturated rings. The maximum absolute atomic E-state index is 12.7. The number of hydrogen-bond acceptors (Lipinski definition) is 6. The van der Waals surface area contributed by atoms with Crippen LogP contribution in [0.5, 0.6) is 11.5 Å². The Morgan fingerprint density at radius 3 is 2.42 bits per heavy atom. The van der Waals surface area contributed by atoms with Gasteiger partial charge in [0.05, 0.1) is 30.5 Å². The molecule has 1 amide bonds. The molecular weight excluding hydrogens is 376 g/mol. The third kappa shape index (κ3) is 4.05. The predicted molar refractivity (Wildman–Crippen MR) is 101 cm³/mol. The van der Waals surface area contributed by atoms with E-state index >= 15 is 0 Å². The van der Waals surface area contributed by atoms with Crippen LogP contribution in [0.25, 0.3) is 0 Å². The molecule has 0 radical (unpaired) electrons. The Morgan fingerprint density at radius 2 is 1.77 bits per heavy atom. The molecule has 0 saturated carbocycles. The molecule has 0 unspecified atom stereocenters. The van der Waals surface area contributed by atoms with Crippen LogP contribution in [0.2, 0.25) is 0 Å². The van der Waals surface area contributed by atoms with Crippen molar-refractivity contribution in [3.63, 3.8) is 0 Å². The summed E-state index contributed by atoms with van der Waals surface area (Å²) >= 11 is 1.51. The lowest BCUT2D eigenvalue weighted by Crippen LogP contribution is -2.14. The quantitative estimate of drug-likeness (QED) is 0.810. The maximum atomic E-state index is 12.7. The molecule has 0 bridgehead atoms. The smallest absolute Gasteiger partial charge is 0.261 e. The second-order valence-electron chi connectivity index (χ2n) is 5.51. The van der Waals surface area contributed by atoms with Crippen molar-refractivity contribution in [2.45, 2.75) is 16.2 Å². The molecule has 9 heteroatoms. The summed E-state index contributed by atoms with van der Waals surface area (Å²) in [6, 6.07) is 9.44.